The molecule has 4 fully saturated rings. The molecule has 27 heavy (non-hydrogen) atoms. The standard InChI is InChI=1S/C21H27N3O2S/c1-3-4-18-23-24-20(27-18)22-19(25)16-8-17(26-12(16)2)21-9-13-5-14(10-21)7-15(6-13)11-21/h8,13-15H,3-7,9-11H2,1-2H3,(H,22,24,25). The Balaban J connectivity index is 1.37. The van der Waals surface area contributed by atoms with E-state index in [2.05, 4.69) is 22.4 Å². The second kappa shape index (κ2) is 6.43. The molecule has 1 N–H and O–H groups in total. The number of hydrogen-bond acceptors (Lipinski definition) is 5. The molecule has 4 saturated carbocycles. The largest absolute Gasteiger partial charge is 0.465 e. The molecule has 4 aliphatic carbocycles. The fourth-order valence-corrected chi connectivity index (χ4v) is 7.00. The molecular weight excluding hydrogens is 358 g/mol. The highest BCUT2D eigenvalue weighted by molar-refractivity contribution is 7.15. The van der Waals surface area contributed by atoms with E-state index in [1.807, 2.05) is 13.0 Å². The molecule has 0 spiro atoms. The van der Waals surface area contributed by atoms with Gasteiger partial charge in [-0.15, -0.1) is 10.2 Å². The predicted molar refractivity (Wildman–Crippen MR) is 105 cm³/mol. The topological polar surface area (TPSA) is 68.0 Å². The van der Waals surface area contributed by atoms with Crippen molar-refractivity contribution in [1.82, 2.24) is 10.2 Å². The molecule has 5 nitrogen and oxygen atoms in total. The van der Waals surface area contributed by atoms with E-state index in [4.69, 9.17) is 4.42 Å². The number of carbonyl (C=O) groups excluding carboxylic acids is 1. The van der Waals surface area contributed by atoms with Crippen LogP contribution in [0.1, 0.15) is 78.8 Å². The van der Waals surface area contributed by atoms with Crippen LogP contribution >= 0.6 is 11.3 Å². The summed E-state index contributed by atoms with van der Waals surface area (Å²) in [6.07, 6.45) is 9.86. The second-order valence-electron chi connectivity index (χ2n) is 8.98. The van der Waals surface area contributed by atoms with Gasteiger partial charge >= 0.3 is 0 Å². The Bertz CT molecular complexity index is 833. The quantitative estimate of drug-likeness (QED) is 0.776. The number of carbonyl (C=O) groups is 1. The van der Waals surface area contributed by atoms with Gasteiger partial charge in [0.15, 0.2) is 0 Å². The summed E-state index contributed by atoms with van der Waals surface area (Å²) in [6, 6.07) is 2.02. The number of aromatic nitrogens is 2. The molecule has 4 aliphatic rings. The Kier molecular flexibility index (Phi) is 4.15. The van der Waals surface area contributed by atoms with Gasteiger partial charge in [-0.1, -0.05) is 18.3 Å². The first kappa shape index (κ1) is 17.4. The predicted octanol–water partition coefficient (Wildman–Crippen LogP) is 5.11. The Morgan fingerprint density at radius 2 is 1.89 bits per heavy atom. The van der Waals surface area contributed by atoms with Crippen molar-refractivity contribution < 1.29 is 9.21 Å². The number of rotatable bonds is 5. The van der Waals surface area contributed by atoms with Crippen molar-refractivity contribution in [2.75, 3.05) is 5.32 Å². The number of hydrogen-bond donors (Lipinski definition) is 1. The summed E-state index contributed by atoms with van der Waals surface area (Å²) in [4.78, 5) is 12.8. The van der Waals surface area contributed by atoms with Gasteiger partial charge in [0, 0.05) is 11.8 Å². The van der Waals surface area contributed by atoms with Crippen molar-refractivity contribution in [3.63, 3.8) is 0 Å². The van der Waals surface area contributed by atoms with Crippen LogP contribution in [0.4, 0.5) is 5.13 Å². The number of amides is 1. The molecule has 0 unspecified atom stereocenters. The Labute approximate surface area is 163 Å². The first-order valence-corrected chi connectivity index (χ1v) is 11.1. The highest BCUT2D eigenvalue weighted by Crippen LogP contribution is 2.61. The summed E-state index contributed by atoms with van der Waals surface area (Å²) in [7, 11) is 0. The molecule has 2 aromatic heterocycles. The smallest absolute Gasteiger partial charge is 0.261 e. The molecule has 2 heterocycles. The van der Waals surface area contributed by atoms with Crippen molar-refractivity contribution in [1.29, 1.82) is 0 Å². The van der Waals surface area contributed by atoms with E-state index in [0.717, 1.165) is 47.1 Å². The lowest BCUT2D eigenvalue weighted by molar-refractivity contribution is -0.0154. The van der Waals surface area contributed by atoms with Gasteiger partial charge in [0.1, 0.15) is 16.5 Å². The zero-order valence-corrected chi connectivity index (χ0v) is 16.9. The number of nitrogens with one attached hydrogen (secondary N) is 1. The number of anilines is 1. The third-order valence-corrected chi connectivity index (χ3v) is 7.77. The third-order valence-electron chi connectivity index (χ3n) is 6.87. The molecule has 1 amide bonds. The van der Waals surface area contributed by atoms with E-state index in [1.54, 1.807) is 0 Å². The Morgan fingerprint density at radius 1 is 1.22 bits per heavy atom. The van der Waals surface area contributed by atoms with Crippen molar-refractivity contribution in [2.24, 2.45) is 17.8 Å². The first-order valence-electron chi connectivity index (χ1n) is 10.3. The van der Waals surface area contributed by atoms with Crippen LogP contribution < -0.4 is 5.32 Å². The SMILES string of the molecule is CCCc1nnc(NC(=O)c2cc(C34CC5CC(CC(C5)C3)C4)oc2C)s1. The molecule has 4 bridgehead atoms. The van der Waals surface area contributed by atoms with Gasteiger partial charge in [-0.25, -0.2) is 0 Å². The monoisotopic (exact) mass is 385 g/mol. The van der Waals surface area contributed by atoms with Crippen LogP contribution in [0.3, 0.4) is 0 Å². The fourth-order valence-electron chi connectivity index (χ4n) is 6.16. The van der Waals surface area contributed by atoms with Gasteiger partial charge < -0.3 is 4.42 Å². The van der Waals surface area contributed by atoms with Gasteiger partial charge in [-0.3, -0.25) is 10.1 Å². The molecule has 6 heteroatoms. The van der Waals surface area contributed by atoms with Crippen molar-refractivity contribution in [3.05, 3.63) is 28.2 Å². The summed E-state index contributed by atoms with van der Waals surface area (Å²) < 4.78 is 6.21. The minimum Gasteiger partial charge on any atom is -0.465 e. The van der Waals surface area contributed by atoms with E-state index >= 15 is 0 Å². The van der Waals surface area contributed by atoms with E-state index in [-0.39, 0.29) is 11.3 Å². The average Bonchev–Trinajstić information content (AvgIpc) is 3.21. The lowest BCUT2D eigenvalue weighted by Crippen LogP contribution is -2.48. The van der Waals surface area contributed by atoms with Crippen molar-refractivity contribution in [2.45, 2.75) is 70.6 Å². The zero-order valence-electron chi connectivity index (χ0n) is 16.1. The first-order chi connectivity index (χ1) is 13.0. The summed E-state index contributed by atoms with van der Waals surface area (Å²) in [5, 5.41) is 12.7. The Morgan fingerprint density at radius 3 is 2.52 bits per heavy atom. The second-order valence-corrected chi connectivity index (χ2v) is 10.0. The lowest BCUT2D eigenvalue weighted by atomic mass is 9.49. The van der Waals surface area contributed by atoms with Gasteiger partial charge in [-0.2, -0.15) is 0 Å². The van der Waals surface area contributed by atoms with E-state index < -0.39 is 0 Å². The highest BCUT2D eigenvalue weighted by atomic mass is 32.1. The summed E-state index contributed by atoms with van der Waals surface area (Å²) in [5.74, 6) is 4.21. The molecule has 0 aliphatic heterocycles. The van der Waals surface area contributed by atoms with Crippen molar-refractivity contribution >= 4 is 22.4 Å². The number of aryl methyl sites for hydroxylation is 2. The fraction of sp³-hybridized carbons (Fsp3) is 0.667. The van der Waals surface area contributed by atoms with Crippen LogP contribution in [0.25, 0.3) is 0 Å². The van der Waals surface area contributed by atoms with E-state index in [0.29, 0.717) is 10.7 Å². The number of nitrogens with zero attached hydrogens (tertiary/aromatic N) is 2. The van der Waals surface area contributed by atoms with Gasteiger partial charge in [0.25, 0.3) is 5.91 Å². The third kappa shape index (κ3) is 3.02. The maximum atomic E-state index is 12.8. The van der Waals surface area contributed by atoms with Crippen LogP contribution in [0.5, 0.6) is 0 Å². The van der Waals surface area contributed by atoms with Crippen LogP contribution in [-0.4, -0.2) is 16.1 Å². The molecule has 0 saturated heterocycles. The maximum absolute atomic E-state index is 12.8. The maximum Gasteiger partial charge on any atom is 0.261 e. The van der Waals surface area contributed by atoms with Crippen LogP contribution in [-0.2, 0) is 11.8 Å². The van der Waals surface area contributed by atoms with Crippen LogP contribution in [0.15, 0.2) is 10.5 Å². The zero-order chi connectivity index (χ0) is 18.6. The van der Waals surface area contributed by atoms with E-state index in [9.17, 15) is 4.79 Å². The molecular formula is C21H27N3O2S. The summed E-state index contributed by atoms with van der Waals surface area (Å²) >= 11 is 1.46. The minimum absolute atomic E-state index is 0.133. The number of furan rings is 1. The normalized spacial score (nSPS) is 31.4. The Hall–Kier alpha value is -1.69. The van der Waals surface area contributed by atoms with Crippen LogP contribution in [0, 0.1) is 24.7 Å². The molecule has 6 rings (SSSR count). The minimum atomic E-state index is -0.133. The lowest BCUT2D eigenvalue weighted by Gasteiger charge is -2.55. The van der Waals surface area contributed by atoms with Gasteiger partial charge in [0.05, 0.1) is 5.56 Å². The molecule has 0 atom stereocenters. The van der Waals surface area contributed by atoms with Crippen molar-refractivity contribution in [3.8, 4) is 0 Å². The summed E-state index contributed by atoms with van der Waals surface area (Å²) in [6.45, 7) is 4.02. The molecule has 0 aromatic carbocycles. The molecule has 144 valence electrons. The summed E-state index contributed by atoms with van der Waals surface area (Å²) in [5.41, 5.74) is 0.822. The molecule has 2 aromatic rings. The molecule has 0 radical (unpaired) electrons. The average molecular weight is 386 g/mol. The van der Waals surface area contributed by atoms with Crippen LogP contribution in [0.2, 0.25) is 0 Å². The van der Waals surface area contributed by atoms with E-state index in [1.165, 1.54) is 49.9 Å². The highest BCUT2D eigenvalue weighted by Gasteiger charge is 2.53. The van der Waals surface area contributed by atoms with Gasteiger partial charge in [0.2, 0.25) is 5.13 Å². The van der Waals surface area contributed by atoms with Gasteiger partial charge in [-0.05, 0) is 75.7 Å².